The summed E-state index contributed by atoms with van der Waals surface area (Å²) in [6.07, 6.45) is 0.678. The van der Waals surface area contributed by atoms with Crippen LogP contribution in [-0.2, 0) is 6.42 Å². The monoisotopic (exact) mass is 288 g/mol. The second-order valence-corrected chi connectivity index (χ2v) is 4.98. The van der Waals surface area contributed by atoms with Crippen LogP contribution in [0.2, 0.25) is 0 Å². The molecule has 0 radical (unpaired) electrons. The van der Waals surface area contributed by atoms with Gasteiger partial charge in [0.25, 0.3) is 5.69 Å². The molecule has 0 aromatic heterocycles. The van der Waals surface area contributed by atoms with E-state index in [9.17, 15) is 14.5 Å². The Hall–Kier alpha value is -2.43. The van der Waals surface area contributed by atoms with Gasteiger partial charge in [-0.2, -0.15) is 0 Å². The van der Waals surface area contributed by atoms with Gasteiger partial charge in [-0.15, -0.1) is 0 Å². The number of hydrogen-bond acceptors (Lipinski definition) is 3. The molecule has 5 heteroatoms. The van der Waals surface area contributed by atoms with Crippen molar-refractivity contribution in [3.05, 3.63) is 69.0 Å². The van der Waals surface area contributed by atoms with Crippen LogP contribution in [-0.4, -0.2) is 11.5 Å². The average Bonchev–Trinajstić information content (AvgIpc) is 2.41. The Morgan fingerprint density at radius 1 is 1.19 bits per heavy atom. The van der Waals surface area contributed by atoms with Crippen molar-refractivity contribution >= 4 is 11.4 Å². The lowest BCUT2D eigenvalue weighted by Gasteiger charge is -2.10. The molecule has 2 aromatic carbocycles. The molecule has 110 valence electrons. The second kappa shape index (κ2) is 6.35. The summed E-state index contributed by atoms with van der Waals surface area (Å²) in [5.41, 5.74) is 3.16. The third-order valence-corrected chi connectivity index (χ3v) is 3.43. The SMILES string of the molecule is Cc1cc(F)ccc1CCNc1cccc(C)c1[N+](=O)[O-]. The minimum absolute atomic E-state index is 0.105. The van der Waals surface area contributed by atoms with Gasteiger partial charge in [0.15, 0.2) is 0 Å². The number of halogens is 1. The fraction of sp³-hybridized carbons (Fsp3) is 0.250. The van der Waals surface area contributed by atoms with E-state index < -0.39 is 0 Å². The Balaban J connectivity index is 2.07. The Kier molecular flexibility index (Phi) is 4.52. The minimum atomic E-state index is -0.374. The lowest BCUT2D eigenvalue weighted by molar-refractivity contribution is -0.384. The first-order valence-corrected chi connectivity index (χ1v) is 6.72. The van der Waals surface area contributed by atoms with Crippen molar-refractivity contribution in [1.29, 1.82) is 0 Å². The molecule has 0 saturated carbocycles. The molecule has 0 aliphatic heterocycles. The molecule has 4 nitrogen and oxygen atoms in total. The molecule has 0 unspecified atom stereocenters. The van der Waals surface area contributed by atoms with Crippen molar-refractivity contribution in [2.24, 2.45) is 0 Å². The molecule has 0 bridgehead atoms. The third-order valence-electron chi connectivity index (χ3n) is 3.43. The predicted octanol–water partition coefficient (Wildman–Crippen LogP) is 4.01. The molecule has 0 heterocycles. The number of rotatable bonds is 5. The summed E-state index contributed by atoms with van der Waals surface area (Å²) in [6.45, 7) is 4.12. The number of hydrogen-bond donors (Lipinski definition) is 1. The Bertz CT molecular complexity index is 671. The van der Waals surface area contributed by atoms with Crippen molar-refractivity contribution < 1.29 is 9.31 Å². The zero-order chi connectivity index (χ0) is 15.4. The highest BCUT2D eigenvalue weighted by Crippen LogP contribution is 2.27. The van der Waals surface area contributed by atoms with Crippen molar-refractivity contribution in [1.82, 2.24) is 0 Å². The van der Waals surface area contributed by atoms with E-state index >= 15 is 0 Å². The summed E-state index contributed by atoms with van der Waals surface area (Å²) in [6, 6.07) is 9.86. The molecule has 0 spiro atoms. The highest BCUT2D eigenvalue weighted by atomic mass is 19.1. The van der Waals surface area contributed by atoms with E-state index in [0.717, 1.165) is 11.1 Å². The first kappa shape index (κ1) is 15.0. The Morgan fingerprint density at radius 2 is 1.95 bits per heavy atom. The Labute approximate surface area is 122 Å². The first-order valence-electron chi connectivity index (χ1n) is 6.72. The number of para-hydroxylation sites is 1. The lowest BCUT2D eigenvalue weighted by atomic mass is 10.1. The molecule has 0 amide bonds. The van der Waals surface area contributed by atoms with Gasteiger partial charge in [-0.1, -0.05) is 18.2 Å². The van der Waals surface area contributed by atoms with Crippen molar-refractivity contribution in [3.63, 3.8) is 0 Å². The maximum absolute atomic E-state index is 13.0. The summed E-state index contributed by atoms with van der Waals surface area (Å²) in [5.74, 6) is -0.251. The number of nitro groups is 1. The molecule has 2 rings (SSSR count). The minimum Gasteiger partial charge on any atom is -0.379 e. The quantitative estimate of drug-likeness (QED) is 0.668. The molecule has 21 heavy (non-hydrogen) atoms. The molecule has 0 aliphatic rings. The second-order valence-electron chi connectivity index (χ2n) is 4.98. The zero-order valence-corrected chi connectivity index (χ0v) is 12.0. The number of nitro benzene ring substituents is 1. The van der Waals surface area contributed by atoms with E-state index in [1.807, 2.05) is 6.92 Å². The van der Waals surface area contributed by atoms with Crippen molar-refractivity contribution in [3.8, 4) is 0 Å². The fourth-order valence-electron chi connectivity index (χ4n) is 2.32. The van der Waals surface area contributed by atoms with Crippen LogP contribution in [0.15, 0.2) is 36.4 Å². The number of nitrogens with one attached hydrogen (secondary N) is 1. The standard InChI is InChI=1S/C16H17FN2O2/c1-11-4-3-5-15(16(11)19(20)21)18-9-8-13-6-7-14(17)10-12(13)2/h3-7,10,18H,8-9H2,1-2H3. The predicted molar refractivity (Wildman–Crippen MR) is 81.2 cm³/mol. The highest BCUT2D eigenvalue weighted by molar-refractivity contribution is 5.65. The van der Waals surface area contributed by atoms with Gasteiger partial charge in [0.05, 0.1) is 4.92 Å². The van der Waals surface area contributed by atoms with Crippen LogP contribution in [0.1, 0.15) is 16.7 Å². The van der Waals surface area contributed by atoms with Gasteiger partial charge in [-0.3, -0.25) is 10.1 Å². The molecule has 0 atom stereocenters. The van der Waals surface area contributed by atoms with Gasteiger partial charge in [0.2, 0.25) is 0 Å². The topological polar surface area (TPSA) is 55.2 Å². The van der Waals surface area contributed by atoms with E-state index in [1.54, 1.807) is 31.2 Å². The van der Waals surface area contributed by atoms with Crippen LogP contribution in [0.4, 0.5) is 15.8 Å². The van der Waals surface area contributed by atoms with Gasteiger partial charge in [0, 0.05) is 12.1 Å². The van der Waals surface area contributed by atoms with E-state index in [0.29, 0.717) is 24.2 Å². The zero-order valence-electron chi connectivity index (χ0n) is 12.0. The summed E-state index contributed by atoms with van der Waals surface area (Å²) >= 11 is 0. The summed E-state index contributed by atoms with van der Waals surface area (Å²) in [5, 5.41) is 14.2. The van der Waals surface area contributed by atoms with Gasteiger partial charge in [0.1, 0.15) is 11.5 Å². The summed E-state index contributed by atoms with van der Waals surface area (Å²) in [7, 11) is 0. The van der Waals surface area contributed by atoms with E-state index in [1.165, 1.54) is 12.1 Å². The van der Waals surface area contributed by atoms with E-state index in [-0.39, 0.29) is 16.4 Å². The number of benzene rings is 2. The lowest BCUT2D eigenvalue weighted by Crippen LogP contribution is -2.08. The van der Waals surface area contributed by atoms with E-state index in [2.05, 4.69) is 5.32 Å². The van der Waals surface area contributed by atoms with Crippen molar-refractivity contribution in [2.45, 2.75) is 20.3 Å². The molecule has 0 saturated heterocycles. The van der Waals surface area contributed by atoms with Gasteiger partial charge >= 0.3 is 0 Å². The van der Waals surface area contributed by atoms with Crippen LogP contribution in [0.5, 0.6) is 0 Å². The highest BCUT2D eigenvalue weighted by Gasteiger charge is 2.16. The van der Waals surface area contributed by atoms with Gasteiger partial charge < -0.3 is 5.32 Å². The number of aryl methyl sites for hydroxylation is 2. The Morgan fingerprint density at radius 3 is 2.62 bits per heavy atom. The molecular formula is C16H17FN2O2. The van der Waals surface area contributed by atoms with Crippen LogP contribution in [0.3, 0.4) is 0 Å². The molecule has 0 fully saturated rings. The van der Waals surface area contributed by atoms with Crippen LogP contribution < -0.4 is 5.32 Å². The maximum atomic E-state index is 13.0. The average molecular weight is 288 g/mol. The smallest absolute Gasteiger partial charge is 0.295 e. The van der Waals surface area contributed by atoms with E-state index in [4.69, 9.17) is 0 Å². The summed E-state index contributed by atoms with van der Waals surface area (Å²) < 4.78 is 13.0. The maximum Gasteiger partial charge on any atom is 0.295 e. The third kappa shape index (κ3) is 3.56. The molecular weight excluding hydrogens is 271 g/mol. The van der Waals surface area contributed by atoms with Crippen molar-refractivity contribution in [2.75, 3.05) is 11.9 Å². The normalized spacial score (nSPS) is 10.4. The number of nitrogens with zero attached hydrogens (tertiary/aromatic N) is 1. The molecule has 2 aromatic rings. The first-order chi connectivity index (χ1) is 9.99. The molecule has 0 aliphatic carbocycles. The molecule has 1 N–H and O–H groups in total. The van der Waals surface area contributed by atoms with Gasteiger partial charge in [-0.25, -0.2) is 4.39 Å². The summed E-state index contributed by atoms with van der Waals surface area (Å²) in [4.78, 5) is 10.7. The number of anilines is 1. The van der Waals surface area contributed by atoms with Gasteiger partial charge in [-0.05, 0) is 49.6 Å². The largest absolute Gasteiger partial charge is 0.379 e. The van der Waals surface area contributed by atoms with Crippen LogP contribution >= 0.6 is 0 Å². The van der Waals surface area contributed by atoms with Crippen LogP contribution in [0, 0.1) is 29.8 Å². The fourth-order valence-corrected chi connectivity index (χ4v) is 2.32. The van der Waals surface area contributed by atoms with Crippen LogP contribution in [0.25, 0.3) is 0 Å².